The minimum Gasteiger partial charge on any atom is -0.317 e. The van der Waals surface area contributed by atoms with Crippen LogP contribution in [0.25, 0.3) is 0 Å². The fourth-order valence-electron chi connectivity index (χ4n) is 1.73. The molecule has 92 valence electrons. The quantitative estimate of drug-likeness (QED) is 0.696. The zero-order chi connectivity index (χ0) is 11.8. The van der Waals surface area contributed by atoms with Crippen LogP contribution in [0.15, 0.2) is 9.85 Å². The summed E-state index contributed by atoms with van der Waals surface area (Å²) in [7, 11) is 0. The molecular weight excluding hydrogens is 282 g/mol. The summed E-state index contributed by atoms with van der Waals surface area (Å²) < 4.78 is 1.30. The highest BCUT2D eigenvalue weighted by atomic mass is 79.9. The van der Waals surface area contributed by atoms with Gasteiger partial charge in [-0.05, 0) is 66.8 Å². The maximum Gasteiger partial charge on any atom is 0.0730 e. The van der Waals surface area contributed by atoms with E-state index in [0.29, 0.717) is 0 Å². The van der Waals surface area contributed by atoms with Gasteiger partial charge in [-0.2, -0.15) is 0 Å². The first-order valence-corrected chi connectivity index (χ1v) is 7.80. The van der Waals surface area contributed by atoms with Crippen molar-refractivity contribution in [2.24, 2.45) is 0 Å². The van der Waals surface area contributed by atoms with Crippen LogP contribution in [-0.4, -0.2) is 13.1 Å². The van der Waals surface area contributed by atoms with E-state index in [2.05, 4.69) is 41.2 Å². The molecular formula is C13H22BrNS. The second-order valence-corrected chi connectivity index (χ2v) is 6.64. The number of unbranched alkanes of at least 4 members (excludes halogenated alkanes) is 3. The van der Waals surface area contributed by atoms with Crippen LogP contribution in [0.4, 0.5) is 0 Å². The summed E-state index contributed by atoms with van der Waals surface area (Å²) in [5.41, 5.74) is 1.38. The lowest BCUT2D eigenvalue weighted by Gasteiger charge is -2.01. The van der Waals surface area contributed by atoms with Crippen LogP contribution in [-0.2, 0) is 6.42 Å². The average Bonchev–Trinajstić information content (AvgIpc) is 2.57. The summed E-state index contributed by atoms with van der Waals surface area (Å²) in [5.74, 6) is 0. The molecule has 1 rings (SSSR count). The van der Waals surface area contributed by atoms with Crippen molar-refractivity contribution in [3.8, 4) is 0 Å². The Hall–Kier alpha value is 0.140. The molecule has 0 radical (unpaired) electrons. The minimum atomic E-state index is 1.10. The van der Waals surface area contributed by atoms with Gasteiger partial charge in [0.05, 0.1) is 3.79 Å². The van der Waals surface area contributed by atoms with Crippen LogP contribution in [0.3, 0.4) is 0 Å². The molecule has 3 heteroatoms. The van der Waals surface area contributed by atoms with Crippen molar-refractivity contribution in [1.29, 1.82) is 0 Å². The first kappa shape index (κ1) is 14.2. The zero-order valence-corrected chi connectivity index (χ0v) is 12.7. The topological polar surface area (TPSA) is 12.0 Å². The summed E-state index contributed by atoms with van der Waals surface area (Å²) in [6.45, 7) is 6.61. The molecule has 1 aromatic heterocycles. The molecule has 1 heterocycles. The Balaban J connectivity index is 2.03. The number of hydrogen-bond donors (Lipinski definition) is 1. The molecule has 0 saturated carbocycles. The van der Waals surface area contributed by atoms with E-state index >= 15 is 0 Å². The number of thiophene rings is 1. The van der Waals surface area contributed by atoms with Crippen LogP contribution >= 0.6 is 27.3 Å². The molecule has 16 heavy (non-hydrogen) atoms. The molecule has 0 aliphatic carbocycles. The SMILES string of the molecule is CCNCCCCCCc1cc(C)c(Br)s1. The Morgan fingerprint density at radius 2 is 2.00 bits per heavy atom. The lowest BCUT2D eigenvalue weighted by Crippen LogP contribution is -2.13. The van der Waals surface area contributed by atoms with Crippen molar-refractivity contribution >= 4 is 27.3 Å². The predicted octanol–water partition coefficient (Wildman–Crippen LogP) is 4.53. The summed E-state index contributed by atoms with van der Waals surface area (Å²) in [6.07, 6.45) is 6.62. The fraction of sp³-hybridized carbons (Fsp3) is 0.692. The van der Waals surface area contributed by atoms with Gasteiger partial charge in [0.1, 0.15) is 0 Å². The maximum absolute atomic E-state index is 3.58. The maximum atomic E-state index is 3.58. The van der Waals surface area contributed by atoms with Crippen LogP contribution in [0.5, 0.6) is 0 Å². The highest BCUT2D eigenvalue weighted by molar-refractivity contribution is 9.11. The van der Waals surface area contributed by atoms with Crippen molar-refractivity contribution in [2.75, 3.05) is 13.1 Å². The summed E-state index contributed by atoms with van der Waals surface area (Å²) in [5, 5.41) is 3.36. The van der Waals surface area contributed by atoms with E-state index in [4.69, 9.17) is 0 Å². The van der Waals surface area contributed by atoms with Gasteiger partial charge in [-0.1, -0.05) is 19.8 Å². The minimum absolute atomic E-state index is 1.10. The molecule has 0 aliphatic rings. The molecule has 0 unspecified atom stereocenters. The largest absolute Gasteiger partial charge is 0.317 e. The summed E-state index contributed by atoms with van der Waals surface area (Å²) in [4.78, 5) is 1.52. The van der Waals surface area contributed by atoms with Gasteiger partial charge >= 0.3 is 0 Å². The Kier molecular flexibility index (Phi) is 7.33. The number of aryl methyl sites for hydroxylation is 2. The van der Waals surface area contributed by atoms with E-state index in [0.717, 1.165) is 6.54 Å². The van der Waals surface area contributed by atoms with Crippen molar-refractivity contribution in [2.45, 2.75) is 46.0 Å². The van der Waals surface area contributed by atoms with E-state index in [-0.39, 0.29) is 0 Å². The molecule has 0 bridgehead atoms. The van der Waals surface area contributed by atoms with Crippen LogP contribution < -0.4 is 5.32 Å². The molecule has 0 aliphatic heterocycles. The van der Waals surface area contributed by atoms with Crippen molar-refractivity contribution < 1.29 is 0 Å². The van der Waals surface area contributed by atoms with E-state index in [9.17, 15) is 0 Å². The van der Waals surface area contributed by atoms with Crippen molar-refractivity contribution in [3.05, 3.63) is 20.3 Å². The highest BCUT2D eigenvalue weighted by Gasteiger charge is 2.02. The number of halogens is 1. The van der Waals surface area contributed by atoms with Gasteiger partial charge in [-0.15, -0.1) is 11.3 Å². The molecule has 0 aromatic carbocycles. The molecule has 0 amide bonds. The Labute approximate surface area is 112 Å². The lowest BCUT2D eigenvalue weighted by molar-refractivity contribution is 0.599. The molecule has 0 spiro atoms. The standard InChI is InChI=1S/C13H22BrNS/c1-3-15-9-7-5-4-6-8-12-10-11(2)13(14)16-12/h10,15H,3-9H2,1-2H3. The third-order valence-corrected chi connectivity index (χ3v) is 4.88. The summed E-state index contributed by atoms with van der Waals surface area (Å²) >= 11 is 5.47. The normalized spacial score (nSPS) is 10.9. The van der Waals surface area contributed by atoms with Crippen molar-refractivity contribution in [1.82, 2.24) is 5.32 Å². The molecule has 1 aromatic rings. The van der Waals surface area contributed by atoms with E-state index < -0.39 is 0 Å². The highest BCUT2D eigenvalue weighted by Crippen LogP contribution is 2.28. The molecule has 0 fully saturated rings. The fourth-order valence-corrected chi connectivity index (χ4v) is 3.40. The van der Waals surface area contributed by atoms with Gasteiger partial charge in [0, 0.05) is 4.88 Å². The second kappa shape index (κ2) is 8.26. The average molecular weight is 304 g/mol. The van der Waals surface area contributed by atoms with E-state index in [1.54, 1.807) is 0 Å². The number of rotatable bonds is 8. The number of nitrogens with one attached hydrogen (secondary N) is 1. The van der Waals surface area contributed by atoms with Gasteiger partial charge in [0.2, 0.25) is 0 Å². The monoisotopic (exact) mass is 303 g/mol. The van der Waals surface area contributed by atoms with Gasteiger partial charge in [0.15, 0.2) is 0 Å². The first-order chi connectivity index (χ1) is 7.74. The van der Waals surface area contributed by atoms with Gasteiger partial charge in [-0.25, -0.2) is 0 Å². The van der Waals surface area contributed by atoms with Crippen molar-refractivity contribution in [3.63, 3.8) is 0 Å². The molecule has 1 nitrogen and oxygen atoms in total. The van der Waals surface area contributed by atoms with Gasteiger partial charge in [0.25, 0.3) is 0 Å². The molecule has 0 saturated heterocycles. The third kappa shape index (κ3) is 5.46. The third-order valence-electron chi connectivity index (χ3n) is 2.68. The van der Waals surface area contributed by atoms with Crippen LogP contribution in [0.2, 0.25) is 0 Å². The predicted molar refractivity (Wildman–Crippen MR) is 77.5 cm³/mol. The Morgan fingerprint density at radius 1 is 1.25 bits per heavy atom. The van der Waals surface area contributed by atoms with Crippen LogP contribution in [0.1, 0.15) is 43.0 Å². The van der Waals surface area contributed by atoms with Gasteiger partial charge < -0.3 is 5.32 Å². The molecule has 0 atom stereocenters. The van der Waals surface area contributed by atoms with Gasteiger partial charge in [-0.3, -0.25) is 0 Å². The van der Waals surface area contributed by atoms with Crippen LogP contribution in [0, 0.1) is 6.92 Å². The smallest absolute Gasteiger partial charge is 0.0730 e. The van der Waals surface area contributed by atoms with E-state index in [1.807, 2.05) is 11.3 Å². The lowest BCUT2D eigenvalue weighted by atomic mass is 10.1. The zero-order valence-electron chi connectivity index (χ0n) is 10.3. The summed E-state index contributed by atoms with van der Waals surface area (Å²) in [6, 6.07) is 2.31. The number of hydrogen-bond acceptors (Lipinski definition) is 2. The van der Waals surface area contributed by atoms with E-state index in [1.165, 1.54) is 52.9 Å². The molecule has 1 N–H and O–H groups in total. The Morgan fingerprint density at radius 3 is 2.62 bits per heavy atom. The second-order valence-electron chi connectivity index (χ2n) is 4.19. The Bertz CT molecular complexity index is 277. The first-order valence-electron chi connectivity index (χ1n) is 6.19.